The number of rotatable bonds is 1. The lowest BCUT2D eigenvalue weighted by atomic mass is 10.1. The number of nitrogens with one attached hydrogen (secondary N) is 1. The second kappa shape index (κ2) is 2.90. The van der Waals surface area contributed by atoms with Crippen molar-refractivity contribution in [3.05, 3.63) is 29.3 Å². The molecule has 2 rings (SSSR count). The summed E-state index contributed by atoms with van der Waals surface area (Å²) in [5, 5.41) is 0. The first-order valence-corrected chi connectivity index (χ1v) is 4.25. The van der Waals surface area contributed by atoms with Gasteiger partial charge in [-0.25, -0.2) is 9.37 Å². The summed E-state index contributed by atoms with van der Waals surface area (Å²) in [6.45, 7) is 3.15. The van der Waals surface area contributed by atoms with E-state index in [4.69, 9.17) is 0 Å². The third kappa shape index (κ3) is 1.28. The fraction of sp³-hybridized carbons (Fsp3) is 0.200. The molecule has 1 heterocycles. The third-order valence-electron chi connectivity index (χ3n) is 2.07. The first-order valence-electron chi connectivity index (χ1n) is 4.25. The number of aromatic nitrogens is 2. The SMILES string of the molecule is CC(=O)c1cc(F)c2nc(C)[nH]c2c1. The van der Waals surface area contributed by atoms with E-state index in [0.29, 0.717) is 16.9 Å². The fourth-order valence-electron chi connectivity index (χ4n) is 1.40. The van der Waals surface area contributed by atoms with Crippen molar-refractivity contribution in [1.29, 1.82) is 0 Å². The number of hydrogen-bond donors (Lipinski definition) is 1. The Morgan fingerprint density at radius 1 is 1.50 bits per heavy atom. The second-order valence-corrected chi connectivity index (χ2v) is 3.23. The monoisotopic (exact) mass is 192 g/mol. The minimum Gasteiger partial charge on any atom is -0.342 e. The number of carbonyl (C=O) groups is 1. The molecule has 0 aliphatic heterocycles. The molecule has 0 aliphatic rings. The van der Waals surface area contributed by atoms with E-state index < -0.39 is 5.82 Å². The zero-order valence-electron chi connectivity index (χ0n) is 7.89. The molecule has 0 bridgehead atoms. The van der Waals surface area contributed by atoms with Gasteiger partial charge in [-0.05, 0) is 26.0 Å². The summed E-state index contributed by atoms with van der Waals surface area (Å²) in [5.74, 6) is 0.0229. The highest BCUT2D eigenvalue weighted by atomic mass is 19.1. The van der Waals surface area contributed by atoms with Crippen molar-refractivity contribution in [2.75, 3.05) is 0 Å². The van der Waals surface area contributed by atoms with Crippen molar-refractivity contribution in [2.45, 2.75) is 13.8 Å². The molecule has 1 N–H and O–H groups in total. The molecule has 0 spiro atoms. The zero-order chi connectivity index (χ0) is 10.3. The van der Waals surface area contributed by atoms with Crippen molar-refractivity contribution in [2.24, 2.45) is 0 Å². The molecule has 4 heteroatoms. The van der Waals surface area contributed by atoms with Crippen molar-refractivity contribution in [1.82, 2.24) is 9.97 Å². The Morgan fingerprint density at radius 3 is 2.86 bits per heavy atom. The molecule has 0 radical (unpaired) electrons. The van der Waals surface area contributed by atoms with Gasteiger partial charge in [-0.2, -0.15) is 0 Å². The standard InChI is InChI=1S/C10H9FN2O/c1-5(14)7-3-8(11)10-9(4-7)12-6(2)13-10/h3-4H,1-2H3,(H,12,13). The van der Waals surface area contributed by atoms with E-state index in [1.54, 1.807) is 13.0 Å². The highest BCUT2D eigenvalue weighted by molar-refractivity contribution is 5.97. The number of nitrogens with zero attached hydrogens (tertiary/aromatic N) is 1. The molecule has 0 fully saturated rings. The minimum absolute atomic E-state index is 0.155. The van der Waals surface area contributed by atoms with Crippen molar-refractivity contribution >= 4 is 16.8 Å². The average molecular weight is 192 g/mol. The molecule has 0 saturated carbocycles. The Labute approximate surface area is 80.0 Å². The Hall–Kier alpha value is -1.71. The number of ketones is 1. The highest BCUT2D eigenvalue weighted by Crippen LogP contribution is 2.18. The summed E-state index contributed by atoms with van der Waals surface area (Å²) in [6, 6.07) is 2.83. The van der Waals surface area contributed by atoms with Crippen molar-refractivity contribution in [3.63, 3.8) is 0 Å². The van der Waals surface area contributed by atoms with Crippen LogP contribution in [0.15, 0.2) is 12.1 Å². The van der Waals surface area contributed by atoms with Gasteiger partial charge >= 0.3 is 0 Å². The van der Waals surface area contributed by atoms with Gasteiger partial charge in [0.1, 0.15) is 11.3 Å². The first-order chi connectivity index (χ1) is 6.58. The lowest BCUT2D eigenvalue weighted by Crippen LogP contribution is -1.93. The number of hydrogen-bond acceptors (Lipinski definition) is 2. The predicted octanol–water partition coefficient (Wildman–Crippen LogP) is 2.21. The van der Waals surface area contributed by atoms with Crippen LogP contribution in [0.2, 0.25) is 0 Å². The Morgan fingerprint density at radius 2 is 2.21 bits per heavy atom. The second-order valence-electron chi connectivity index (χ2n) is 3.23. The summed E-state index contributed by atoms with van der Waals surface area (Å²) >= 11 is 0. The number of H-pyrrole nitrogens is 1. The van der Waals surface area contributed by atoms with Gasteiger partial charge in [0, 0.05) is 5.56 Å². The van der Waals surface area contributed by atoms with Crippen LogP contribution in [0.4, 0.5) is 4.39 Å². The van der Waals surface area contributed by atoms with E-state index in [-0.39, 0.29) is 11.3 Å². The van der Waals surface area contributed by atoms with Crippen LogP contribution in [-0.4, -0.2) is 15.8 Å². The number of aryl methyl sites for hydroxylation is 1. The van der Waals surface area contributed by atoms with E-state index in [1.807, 2.05) is 0 Å². The number of Topliss-reactive ketones (excluding diaryl/α,β-unsaturated/α-hetero) is 1. The van der Waals surface area contributed by atoms with Crippen molar-refractivity contribution in [3.8, 4) is 0 Å². The molecular formula is C10H9FN2O. The van der Waals surface area contributed by atoms with E-state index in [1.165, 1.54) is 13.0 Å². The molecule has 2 aromatic rings. The molecule has 0 aliphatic carbocycles. The van der Waals surface area contributed by atoms with Gasteiger partial charge in [0.05, 0.1) is 5.52 Å². The highest BCUT2D eigenvalue weighted by Gasteiger charge is 2.09. The molecule has 0 saturated heterocycles. The average Bonchev–Trinajstić information content (AvgIpc) is 2.45. The number of aromatic amines is 1. The number of imidazole rings is 1. The maximum absolute atomic E-state index is 13.4. The maximum atomic E-state index is 13.4. The predicted molar refractivity (Wildman–Crippen MR) is 50.8 cm³/mol. The van der Waals surface area contributed by atoms with Gasteiger partial charge in [-0.15, -0.1) is 0 Å². The van der Waals surface area contributed by atoms with Crippen LogP contribution in [0, 0.1) is 12.7 Å². The molecule has 3 nitrogen and oxygen atoms in total. The van der Waals surface area contributed by atoms with E-state index in [9.17, 15) is 9.18 Å². The quantitative estimate of drug-likeness (QED) is 0.704. The van der Waals surface area contributed by atoms with Gasteiger partial charge in [0.15, 0.2) is 11.6 Å². The molecular weight excluding hydrogens is 183 g/mol. The van der Waals surface area contributed by atoms with Crippen LogP contribution in [0.3, 0.4) is 0 Å². The Kier molecular flexibility index (Phi) is 1.84. The van der Waals surface area contributed by atoms with Crippen LogP contribution in [0.1, 0.15) is 23.1 Å². The van der Waals surface area contributed by atoms with Crippen LogP contribution in [-0.2, 0) is 0 Å². The topological polar surface area (TPSA) is 45.8 Å². The first kappa shape index (κ1) is 8.87. The van der Waals surface area contributed by atoms with Crippen LogP contribution in [0.25, 0.3) is 11.0 Å². The summed E-state index contributed by atoms with van der Waals surface area (Å²) < 4.78 is 13.4. The number of benzene rings is 1. The Bertz CT molecular complexity index is 516. The largest absolute Gasteiger partial charge is 0.342 e. The smallest absolute Gasteiger partial charge is 0.159 e. The van der Waals surface area contributed by atoms with E-state index >= 15 is 0 Å². The molecule has 0 unspecified atom stereocenters. The van der Waals surface area contributed by atoms with Gasteiger partial charge in [0.2, 0.25) is 0 Å². The van der Waals surface area contributed by atoms with E-state index in [2.05, 4.69) is 9.97 Å². The molecule has 1 aromatic heterocycles. The molecule has 0 amide bonds. The summed E-state index contributed by atoms with van der Waals surface area (Å²) in [6.07, 6.45) is 0. The molecule has 1 aromatic carbocycles. The zero-order valence-corrected chi connectivity index (χ0v) is 7.89. The number of halogens is 1. The van der Waals surface area contributed by atoms with Crippen LogP contribution in [0.5, 0.6) is 0 Å². The summed E-state index contributed by atoms with van der Waals surface area (Å²) in [4.78, 5) is 17.9. The molecule has 72 valence electrons. The third-order valence-corrected chi connectivity index (χ3v) is 2.07. The molecule has 14 heavy (non-hydrogen) atoms. The lowest BCUT2D eigenvalue weighted by molar-refractivity contribution is 0.101. The summed E-state index contributed by atoms with van der Waals surface area (Å²) in [7, 11) is 0. The van der Waals surface area contributed by atoms with Gasteiger partial charge in [0.25, 0.3) is 0 Å². The number of fused-ring (bicyclic) bond motifs is 1. The summed E-state index contributed by atoms with van der Waals surface area (Å²) in [5.41, 5.74) is 1.21. The van der Waals surface area contributed by atoms with Crippen LogP contribution >= 0.6 is 0 Å². The van der Waals surface area contributed by atoms with E-state index in [0.717, 1.165) is 0 Å². The molecule has 0 atom stereocenters. The van der Waals surface area contributed by atoms with Gasteiger partial charge < -0.3 is 4.98 Å². The van der Waals surface area contributed by atoms with Crippen LogP contribution < -0.4 is 0 Å². The number of carbonyl (C=O) groups excluding carboxylic acids is 1. The Balaban J connectivity index is 2.77. The maximum Gasteiger partial charge on any atom is 0.159 e. The van der Waals surface area contributed by atoms with Crippen molar-refractivity contribution < 1.29 is 9.18 Å². The lowest BCUT2D eigenvalue weighted by Gasteiger charge is -1.96. The minimum atomic E-state index is -0.461. The van der Waals surface area contributed by atoms with Gasteiger partial charge in [-0.3, -0.25) is 4.79 Å². The normalized spacial score (nSPS) is 10.8. The fourth-order valence-corrected chi connectivity index (χ4v) is 1.40. The van der Waals surface area contributed by atoms with Gasteiger partial charge in [-0.1, -0.05) is 0 Å².